The number of nitrogens with zero attached hydrogens (tertiary/aromatic N) is 1. The summed E-state index contributed by atoms with van der Waals surface area (Å²) < 4.78 is 0. The summed E-state index contributed by atoms with van der Waals surface area (Å²) in [4.78, 5) is 14.4. The fourth-order valence-electron chi connectivity index (χ4n) is 3.39. The van der Waals surface area contributed by atoms with Gasteiger partial charge in [0.25, 0.3) is 0 Å². The highest BCUT2D eigenvalue weighted by atomic mass is 35.5. The van der Waals surface area contributed by atoms with Gasteiger partial charge < -0.3 is 4.90 Å². The van der Waals surface area contributed by atoms with Gasteiger partial charge in [0, 0.05) is 30.5 Å². The molecule has 2 atom stereocenters. The Morgan fingerprint density at radius 3 is 2.67 bits per heavy atom. The quantitative estimate of drug-likeness (QED) is 0.768. The lowest BCUT2D eigenvalue weighted by Crippen LogP contribution is -2.34. The van der Waals surface area contributed by atoms with E-state index in [1.807, 2.05) is 12.1 Å². The monoisotopic (exact) mass is 307 g/mol. The highest BCUT2D eigenvalue weighted by Gasteiger charge is 2.28. The van der Waals surface area contributed by atoms with Crippen LogP contribution < -0.4 is 0 Å². The topological polar surface area (TPSA) is 20.3 Å². The van der Waals surface area contributed by atoms with E-state index in [1.54, 1.807) is 0 Å². The van der Waals surface area contributed by atoms with Crippen molar-refractivity contribution in [3.8, 4) is 0 Å². The molecule has 0 N–H and O–H groups in total. The zero-order valence-corrected chi connectivity index (χ0v) is 13.9. The first-order chi connectivity index (χ1) is 10.1. The zero-order valence-electron chi connectivity index (χ0n) is 13.1. The van der Waals surface area contributed by atoms with Gasteiger partial charge in [-0.15, -0.1) is 0 Å². The highest BCUT2D eigenvalue weighted by molar-refractivity contribution is 6.30. The maximum atomic E-state index is 12.1. The summed E-state index contributed by atoms with van der Waals surface area (Å²) in [5.74, 6) is 1.44. The van der Waals surface area contributed by atoms with Crippen LogP contribution in [0.25, 0.3) is 0 Å². The maximum Gasteiger partial charge on any atom is 0.137 e. The number of rotatable bonds is 6. The molecule has 116 valence electrons. The Labute approximate surface area is 133 Å². The summed E-state index contributed by atoms with van der Waals surface area (Å²) in [6.07, 6.45) is 5.46. The third-order valence-corrected chi connectivity index (χ3v) is 4.72. The van der Waals surface area contributed by atoms with Crippen LogP contribution >= 0.6 is 11.6 Å². The average molecular weight is 308 g/mol. The smallest absolute Gasteiger partial charge is 0.137 e. The van der Waals surface area contributed by atoms with Crippen molar-refractivity contribution < 1.29 is 4.79 Å². The van der Waals surface area contributed by atoms with Crippen LogP contribution in [0.2, 0.25) is 5.02 Å². The molecular weight excluding hydrogens is 282 g/mol. The zero-order chi connectivity index (χ0) is 15.2. The van der Waals surface area contributed by atoms with E-state index >= 15 is 0 Å². The van der Waals surface area contributed by atoms with Crippen LogP contribution in [0, 0.1) is 11.8 Å². The number of benzene rings is 1. The molecule has 0 aliphatic heterocycles. The van der Waals surface area contributed by atoms with Crippen LogP contribution in [0.4, 0.5) is 0 Å². The van der Waals surface area contributed by atoms with E-state index < -0.39 is 0 Å². The van der Waals surface area contributed by atoms with Crippen molar-refractivity contribution >= 4 is 17.4 Å². The molecule has 0 saturated heterocycles. The van der Waals surface area contributed by atoms with Gasteiger partial charge in [0.2, 0.25) is 0 Å². The summed E-state index contributed by atoms with van der Waals surface area (Å²) >= 11 is 5.91. The Bertz CT molecular complexity index is 457. The van der Waals surface area contributed by atoms with E-state index in [-0.39, 0.29) is 5.92 Å². The van der Waals surface area contributed by atoms with Crippen molar-refractivity contribution in [3.05, 3.63) is 34.9 Å². The van der Waals surface area contributed by atoms with Gasteiger partial charge in [0.05, 0.1) is 0 Å². The highest BCUT2D eigenvalue weighted by Crippen LogP contribution is 2.30. The van der Waals surface area contributed by atoms with Gasteiger partial charge in [-0.25, -0.2) is 0 Å². The molecule has 1 aromatic carbocycles. The third-order valence-electron chi connectivity index (χ3n) is 4.47. The molecule has 2 nitrogen and oxygen atoms in total. The Morgan fingerprint density at radius 2 is 2.00 bits per heavy atom. The number of carbonyl (C=O) groups is 1. The second-order valence-corrected chi connectivity index (χ2v) is 6.85. The summed E-state index contributed by atoms with van der Waals surface area (Å²) in [5, 5.41) is 0.770. The first kappa shape index (κ1) is 16.5. The molecule has 0 heterocycles. The average Bonchev–Trinajstić information content (AvgIpc) is 2.45. The van der Waals surface area contributed by atoms with Crippen molar-refractivity contribution in [3.63, 3.8) is 0 Å². The lowest BCUT2D eigenvalue weighted by Gasteiger charge is -2.31. The number of carbonyl (C=O) groups excluding carboxylic acids is 1. The van der Waals surface area contributed by atoms with Crippen LogP contribution in [0.1, 0.15) is 44.6 Å². The maximum absolute atomic E-state index is 12.1. The summed E-state index contributed by atoms with van der Waals surface area (Å²) in [7, 11) is 2.10. The fourth-order valence-corrected chi connectivity index (χ4v) is 3.52. The molecule has 1 saturated carbocycles. The van der Waals surface area contributed by atoms with Crippen LogP contribution in [-0.2, 0) is 11.3 Å². The van der Waals surface area contributed by atoms with Crippen LogP contribution in [0.3, 0.4) is 0 Å². The van der Waals surface area contributed by atoms with Gasteiger partial charge in [-0.05, 0) is 43.5 Å². The molecule has 2 rings (SSSR count). The minimum absolute atomic E-state index is 0.229. The summed E-state index contributed by atoms with van der Waals surface area (Å²) in [5.41, 5.74) is 1.25. The molecular formula is C18H26ClNO. The standard InChI is InChI=1S/C18H26ClNO/c1-3-4-14-7-10-18(21)16(11-14)13-20(2)12-15-5-8-17(19)9-6-15/h5-6,8-9,14,16H,3-4,7,10-13H2,1-2H3. The normalized spacial score (nSPS) is 22.8. The molecule has 0 bridgehead atoms. The second kappa shape index (κ2) is 7.95. The number of hydrogen-bond acceptors (Lipinski definition) is 2. The summed E-state index contributed by atoms with van der Waals surface area (Å²) in [6, 6.07) is 7.96. The van der Waals surface area contributed by atoms with E-state index in [9.17, 15) is 4.79 Å². The minimum atomic E-state index is 0.229. The SMILES string of the molecule is CCCC1CCC(=O)C(CN(C)Cc2ccc(Cl)cc2)C1. The van der Waals surface area contributed by atoms with Crippen LogP contribution in [0.15, 0.2) is 24.3 Å². The van der Waals surface area contributed by atoms with E-state index in [0.29, 0.717) is 5.78 Å². The number of Topliss-reactive ketones (excluding diaryl/α,β-unsaturated/α-hetero) is 1. The molecule has 0 spiro atoms. The number of ketones is 1. The van der Waals surface area contributed by atoms with E-state index in [2.05, 4.69) is 31.0 Å². The third kappa shape index (κ3) is 5.12. The molecule has 2 unspecified atom stereocenters. The molecule has 1 fully saturated rings. The van der Waals surface area contributed by atoms with Crippen molar-refractivity contribution in [2.75, 3.05) is 13.6 Å². The Balaban J connectivity index is 1.86. The molecule has 0 amide bonds. The predicted molar refractivity (Wildman–Crippen MR) is 88.5 cm³/mol. The summed E-state index contributed by atoms with van der Waals surface area (Å²) in [6.45, 7) is 3.99. The Kier molecular flexibility index (Phi) is 6.25. The van der Waals surface area contributed by atoms with Gasteiger partial charge in [-0.3, -0.25) is 4.79 Å². The lowest BCUT2D eigenvalue weighted by molar-refractivity contribution is -0.126. The van der Waals surface area contributed by atoms with Gasteiger partial charge in [0.1, 0.15) is 5.78 Å². The van der Waals surface area contributed by atoms with Crippen LogP contribution in [0.5, 0.6) is 0 Å². The molecule has 0 aromatic heterocycles. The van der Waals surface area contributed by atoms with Gasteiger partial charge >= 0.3 is 0 Å². The largest absolute Gasteiger partial charge is 0.301 e. The van der Waals surface area contributed by atoms with E-state index in [1.165, 1.54) is 18.4 Å². The first-order valence-corrected chi connectivity index (χ1v) is 8.42. The number of hydrogen-bond donors (Lipinski definition) is 0. The Morgan fingerprint density at radius 1 is 1.29 bits per heavy atom. The molecule has 1 aliphatic rings. The molecule has 3 heteroatoms. The van der Waals surface area contributed by atoms with E-state index in [4.69, 9.17) is 11.6 Å². The van der Waals surface area contributed by atoms with Crippen molar-refractivity contribution in [2.24, 2.45) is 11.8 Å². The number of halogens is 1. The molecule has 1 aliphatic carbocycles. The van der Waals surface area contributed by atoms with Crippen molar-refractivity contribution in [2.45, 2.75) is 45.6 Å². The first-order valence-electron chi connectivity index (χ1n) is 8.04. The van der Waals surface area contributed by atoms with Crippen molar-refractivity contribution in [1.82, 2.24) is 4.90 Å². The molecule has 0 radical (unpaired) electrons. The predicted octanol–water partition coefficient (Wildman–Crippen LogP) is 4.56. The second-order valence-electron chi connectivity index (χ2n) is 6.42. The van der Waals surface area contributed by atoms with Gasteiger partial charge in [-0.1, -0.05) is 43.5 Å². The Hall–Kier alpha value is -0.860. The van der Waals surface area contributed by atoms with Crippen molar-refractivity contribution in [1.29, 1.82) is 0 Å². The van der Waals surface area contributed by atoms with Gasteiger partial charge in [0.15, 0.2) is 0 Å². The minimum Gasteiger partial charge on any atom is -0.301 e. The van der Waals surface area contributed by atoms with Crippen LogP contribution in [-0.4, -0.2) is 24.3 Å². The van der Waals surface area contributed by atoms with E-state index in [0.717, 1.165) is 43.3 Å². The fraction of sp³-hybridized carbons (Fsp3) is 0.611. The molecule has 1 aromatic rings. The van der Waals surface area contributed by atoms with Gasteiger partial charge in [-0.2, -0.15) is 0 Å². The lowest BCUT2D eigenvalue weighted by atomic mass is 9.78. The molecule has 21 heavy (non-hydrogen) atoms.